The molecule has 0 aromatic heterocycles. The fraction of sp³-hybridized carbons (Fsp3) is 1.00. The van der Waals surface area contributed by atoms with Crippen molar-refractivity contribution in [1.82, 2.24) is 4.90 Å². The van der Waals surface area contributed by atoms with Gasteiger partial charge in [-0.2, -0.15) is 0 Å². The largest absolute Gasteiger partial charge is 0.300 e. The van der Waals surface area contributed by atoms with Crippen LogP contribution < -0.4 is 0 Å². The predicted molar refractivity (Wildman–Crippen MR) is 89.4 cm³/mol. The van der Waals surface area contributed by atoms with Gasteiger partial charge in [0.15, 0.2) is 0 Å². The first-order valence-electron chi connectivity index (χ1n) is 8.62. The van der Waals surface area contributed by atoms with Crippen LogP contribution in [0.1, 0.15) is 90.9 Å². The zero-order chi connectivity index (χ0) is 13.1. The van der Waals surface area contributed by atoms with E-state index < -0.39 is 0 Å². The number of halogens is 1. The van der Waals surface area contributed by atoms with E-state index >= 15 is 0 Å². The molecule has 1 fully saturated rings. The van der Waals surface area contributed by atoms with Gasteiger partial charge in [0.05, 0.1) is 0 Å². The summed E-state index contributed by atoms with van der Waals surface area (Å²) in [4.78, 5) is 2.76. The number of nitrogens with zero attached hydrogens (tertiary/aromatic N) is 1. The molecule has 1 heterocycles. The minimum atomic E-state index is 0. The van der Waals surface area contributed by atoms with Crippen LogP contribution in [0.5, 0.6) is 0 Å². The van der Waals surface area contributed by atoms with Crippen molar-refractivity contribution < 1.29 is 0 Å². The summed E-state index contributed by atoms with van der Waals surface area (Å²) in [6, 6.07) is 0.930. The molecule has 0 saturated carbocycles. The van der Waals surface area contributed by atoms with Crippen LogP contribution in [0.15, 0.2) is 0 Å². The maximum Gasteiger partial charge on any atom is 0.00956 e. The van der Waals surface area contributed by atoms with Crippen molar-refractivity contribution in [2.24, 2.45) is 0 Å². The fourth-order valence-electron chi connectivity index (χ4n) is 3.30. The van der Waals surface area contributed by atoms with Crippen LogP contribution in [-0.4, -0.2) is 24.0 Å². The molecule has 1 atom stereocenters. The lowest BCUT2D eigenvalue weighted by Crippen LogP contribution is -2.30. The summed E-state index contributed by atoms with van der Waals surface area (Å²) in [5, 5.41) is 0. The van der Waals surface area contributed by atoms with Gasteiger partial charge in [-0.25, -0.2) is 0 Å². The normalized spacial score (nSPS) is 19.6. The second-order valence-electron chi connectivity index (χ2n) is 6.10. The van der Waals surface area contributed by atoms with Crippen molar-refractivity contribution >= 4 is 12.4 Å². The molecule has 0 bridgehead atoms. The molecule has 0 aromatic rings. The van der Waals surface area contributed by atoms with Gasteiger partial charge in [0.2, 0.25) is 0 Å². The van der Waals surface area contributed by atoms with Crippen LogP contribution >= 0.6 is 12.4 Å². The highest BCUT2D eigenvalue weighted by molar-refractivity contribution is 5.85. The third kappa shape index (κ3) is 8.92. The summed E-state index contributed by atoms with van der Waals surface area (Å²) in [7, 11) is 0. The molecule has 1 saturated heterocycles. The van der Waals surface area contributed by atoms with Gasteiger partial charge in [-0.15, -0.1) is 12.4 Å². The van der Waals surface area contributed by atoms with Gasteiger partial charge in [0.1, 0.15) is 0 Å². The van der Waals surface area contributed by atoms with Gasteiger partial charge >= 0.3 is 0 Å². The van der Waals surface area contributed by atoms with Crippen LogP contribution in [0.25, 0.3) is 0 Å². The Morgan fingerprint density at radius 1 is 0.842 bits per heavy atom. The summed E-state index contributed by atoms with van der Waals surface area (Å²) in [6.45, 7) is 7.37. The minimum absolute atomic E-state index is 0. The second-order valence-corrected chi connectivity index (χ2v) is 6.10. The summed E-state index contributed by atoms with van der Waals surface area (Å²) >= 11 is 0. The van der Waals surface area contributed by atoms with Gasteiger partial charge in [-0.1, -0.05) is 65.2 Å². The monoisotopic (exact) mass is 289 g/mol. The number of likely N-dealkylation sites (tertiary alicyclic amines) is 1. The topological polar surface area (TPSA) is 3.24 Å². The molecule has 0 amide bonds. The molecule has 19 heavy (non-hydrogen) atoms. The molecule has 1 unspecified atom stereocenters. The molecule has 1 aliphatic rings. The molecule has 1 rings (SSSR count). The van der Waals surface area contributed by atoms with E-state index in [1.165, 1.54) is 90.1 Å². The van der Waals surface area contributed by atoms with Crippen molar-refractivity contribution in [3.05, 3.63) is 0 Å². The third-order valence-corrected chi connectivity index (χ3v) is 4.42. The van der Waals surface area contributed by atoms with E-state index in [1.807, 2.05) is 0 Å². The van der Waals surface area contributed by atoms with Gasteiger partial charge in [-0.3, -0.25) is 0 Å². The third-order valence-electron chi connectivity index (χ3n) is 4.42. The molecule has 1 nitrogen and oxygen atoms in total. The summed E-state index contributed by atoms with van der Waals surface area (Å²) in [5.41, 5.74) is 0. The summed E-state index contributed by atoms with van der Waals surface area (Å²) in [6.07, 6.45) is 17.3. The molecule has 0 aromatic carbocycles. The van der Waals surface area contributed by atoms with Gasteiger partial charge in [0, 0.05) is 6.04 Å². The number of hydrogen-bond acceptors (Lipinski definition) is 1. The van der Waals surface area contributed by atoms with Crippen molar-refractivity contribution in [3.8, 4) is 0 Å². The highest BCUT2D eigenvalue weighted by Gasteiger charge is 2.22. The molecule has 0 aliphatic carbocycles. The molecular formula is C17H36ClN. The first kappa shape index (κ1) is 19.2. The van der Waals surface area contributed by atoms with Crippen LogP contribution in [0, 0.1) is 0 Å². The zero-order valence-corrected chi connectivity index (χ0v) is 14.1. The highest BCUT2D eigenvalue weighted by atomic mass is 35.5. The van der Waals surface area contributed by atoms with E-state index in [9.17, 15) is 0 Å². The first-order chi connectivity index (χ1) is 8.88. The van der Waals surface area contributed by atoms with Crippen molar-refractivity contribution in [3.63, 3.8) is 0 Å². The molecular weight excluding hydrogens is 254 g/mol. The Hall–Kier alpha value is 0.250. The smallest absolute Gasteiger partial charge is 0.00956 e. The Balaban J connectivity index is 0.00000324. The Bertz CT molecular complexity index is 184. The van der Waals surface area contributed by atoms with Gasteiger partial charge in [0.25, 0.3) is 0 Å². The Morgan fingerprint density at radius 3 is 2.11 bits per heavy atom. The van der Waals surface area contributed by atoms with E-state index in [1.54, 1.807) is 0 Å². The maximum atomic E-state index is 2.76. The van der Waals surface area contributed by atoms with Crippen molar-refractivity contribution in [1.29, 1.82) is 0 Å². The Morgan fingerprint density at radius 2 is 1.47 bits per heavy atom. The molecule has 0 N–H and O–H groups in total. The van der Waals surface area contributed by atoms with Crippen LogP contribution in [0.4, 0.5) is 0 Å². The summed E-state index contributed by atoms with van der Waals surface area (Å²) in [5.74, 6) is 0. The van der Waals surface area contributed by atoms with Crippen molar-refractivity contribution in [2.75, 3.05) is 13.1 Å². The van der Waals surface area contributed by atoms with Crippen LogP contribution in [0.3, 0.4) is 0 Å². The van der Waals surface area contributed by atoms with E-state index in [0.717, 1.165) is 6.04 Å². The molecule has 1 aliphatic heterocycles. The average molecular weight is 290 g/mol. The molecule has 0 radical (unpaired) electrons. The lowest BCUT2D eigenvalue weighted by Gasteiger charge is -2.23. The van der Waals surface area contributed by atoms with Gasteiger partial charge in [-0.05, 0) is 38.8 Å². The van der Waals surface area contributed by atoms with Gasteiger partial charge < -0.3 is 4.90 Å². The number of hydrogen-bond donors (Lipinski definition) is 0. The number of unbranched alkanes of at least 4 members (excludes halogenated alkanes) is 7. The predicted octanol–water partition coefficient (Wildman–Crippen LogP) is 5.81. The van der Waals surface area contributed by atoms with E-state index in [2.05, 4.69) is 18.7 Å². The highest BCUT2D eigenvalue weighted by Crippen LogP contribution is 2.21. The summed E-state index contributed by atoms with van der Waals surface area (Å²) < 4.78 is 0. The van der Waals surface area contributed by atoms with E-state index in [-0.39, 0.29) is 12.4 Å². The first-order valence-corrected chi connectivity index (χ1v) is 8.62. The lowest BCUT2D eigenvalue weighted by molar-refractivity contribution is 0.236. The van der Waals surface area contributed by atoms with E-state index in [0.29, 0.717) is 0 Å². The minimum Gasteiger partial charge on any atom is -0.300 e. The SMILES string of the molecule is CCCCCCCCCCN1CCCC1CCC.Cl. The van der Waals surface area contributed by atoms with Crippen molar-refractivity contribution in [2.45, 2.75) is 96.9 Å². The average Bonchev–Trinajstić information content (AvgIpc) is 2.81. The molecule has 2 heteroatoms. The Kier molecular flexibility index (Phi) is 13.4. The lowest BCUT2D eigenvalue weighted by atomic mass is 10.1. The maximum absolute atomic E-state index is 2.76. The van der Waals surface area contributed by atoms with E-state index in [4.69, 9.17) is 0 Å². The van der Waals surface area contributed by atoms with Crippen LogP contribution in [0.2, 0.25) is 0 Å². The number of rotatable bonds is 11. The van der Waals surface area contributed by atoms with Crippen LogP contribution in [-0.2, 0) is 0 Å². The fourth-order valence-corrected chi connectivity index (χ4v) is 3.30. The molecule has 0 spiro atoms. The zero-order valence-electron chi connectivity index (χ0n) is 13.3. The molecule has 116 valence electrons. The Labute approximate surface area is 127 Å². The standard InChI is InChI=1S/C17H35N.ClH/c1-3-5-6-7-8-9-10-11-15-18-16-12-14-17(18)13-4-2;/h17H,3-16H2,1-2H3;1H. The quantitative estimate of drug-likeness (QED) is 0.434. The second kappa shape index (κ2) is 13.2.